The van der Waals surface area contributed by atoms with Gasteiger partial charge in [-0.2, -0.15) is 5.26 Å². The van der Waals surface area contributed by atoms with Crippen LogP contribution in [0, 0.1) is 30.6 Å². The van der Waals surface area contributed by atoms with Gasteiger partial charge < -0.3 is 5.32 Å². The number of aliphatic imine (C=N–C) groups is 1. The lowest BCUT2D eigenvalue weighted by atomic mass is 9.94. The van der Waals surface area contributed by atoms with E-state index in [4.69, 9.17) is 10.3 Å². The zero-order valence-electron chi connectivity index (χ0n) is 15.2. The molecule has 1 aliphatic carbocycles. The van der Waals surface area contributed by atoms with E-state index >= 15 is 0 Å². The molecule has 5 nitrogen and oxygen atoms in total. The van der Waals surface area contributed by atoms with Gasteiger partial charge in [-0.15, -0.1) is 0 Å². The fourth-order valence-corrected chi connectivity index (χ4v) is 3.44. The molecule has 2 aliphatic rings. The summed E-state index contributed by atoms with van der Waals surface area (Å²) >= 11 is 0. The molecule has 1 aliphatic heterocycles. The van der Waals surface area contributed by atoms with Gasteiger partial charge in [-0.25, -0.2) is 4.98 Å². The predicted octanol–water partition coefficient (Wildman–Crippen LogP) is 3.93. The highest BCUT2D eigenvalue weighted by Gasteiger charge is 2.44. The van der Waals surface area contributed by atoms with Gasteiger partial charge in [0.05, 0.1) is 12.1 Å². The molecule has 130 valence electrons. The Balaban J connectivity index is 1.61. The Kier molecular flexibility index (Phi) is 3.66. The summed E-state index contributed by atoms with van der Waals surface area (Å²) in [4.78, 5) is 21.6. The van der Waals surface area contributed by atoms with Gasteiger partial charge in [0.15, 0.2) is 0 Å². The molecule has 0 unspecified atom stereocenters. The Morgan fingerprint density at radius 3 is 2.73 bits per heavy atom. The number of benzene rings is 1. The van der Waals surface area contributed by atoms with Crippen LogP contribution in [0.5, 0.6) is 0 Å². The molecule has 26 heavy (non-hydrogen) atoms. The lowest BCUT2D eigenvalue weighted by Crippen LogP contribution is -2.17. The second-order valence-corrected chi connectivity index (χ2v) is 7.43. The van der Waals surface area contributed by atoms with Gasteiger partial charge in [0.1, 0.15) is 11.8 Å². The monoisotopic (exact) mass is 344 g/mol. The molecule has 0 bridgehead atoms. The first-order chi connectivity index (χ1) is 12.4. The fourth-order valence-electron chi connectivity index (χ4n) is 3.44. The molecule has 2 aromatic rings. The van der Waals surface area contributed by atoms with Crippen molar-refractivity contribution in [1.29, 1.82) is 5.26 Å². The summed E-state index contributed by atoms with van der Waals surface area (Å²) in [6.07, 6.45) is 3.81. The number of carbonyl (C=O) groups excluding carboxylic acids is 1. The van der Waals surface area contributed by atoms with E-state index in [1.54, 1.807) is 0 Å². The number of rotatable bonds is 3. The van der Waals surface area contributed by atoms with Crippen molar-refractivity contribution < 1.29 is 4.79 Å². The minimum atomic E-state index is -0.260. The third kappa shape index (κ3) is 2.59. The van der Waals surface area contributed by atoms with Crippen LogP contribution in [-0.2, 0) is 6.54 Å². The summed E-state index contributed by atoms with van der Waals surface area (Å²) in [7, 11) is 0. The van der Waals surface area contributed by atoms with Crippen LogP contribution in [0.15, 0.2) is 29.4 Å². The molecule has 1 aromatic carbocycles. The second kappa shape index (κ2) is 5.77. The molecule has 4 rings (SSSR count). The highest BCUT2D eigenvalue weighted by atomic mass is 16.1. The summed E-state index contributed by atoms with van der Waals surface area (Å²) in [5.74, 6) is -0.260. The first-order valence-corrected chi connectivity index (χ1v) is 8.79. The third-order valence-corrected chi connectivity index (χ3v) is 5.58. The van der Waals surface area contributed by atoms with E-state index in [1.807, 2.05) is 32.0 Å². The number of hydrogen-bond donors (Lipinski definition) is 1. The maximum absolute atomic E-state index is 12.7. The lowest BCUT2D eigenvalue weighted by Gasteiger charge is -2.13. The Morgan fingerprint density at radius 2 is 2.04 bits per heavy atom. The van der Waals surface area contributed by atoms with Crippen molar-refractivity contribution in [3.63, 3.8) is 0 Å². The fraction of sp³-hybridized carbons (Fsp3) is 0.333. The van der Waals surface area contributed by atoms with E-state index in [9.17, 15) is 4.79 Å². The van der Waals surface area contributed by atoms with Crippen molar-refractivity contribution in [3.05, 3.63) is 57.9 Å². The van der Waals surface area contributed by atoms with E-state index in [0.29, 0.717) is 11.3 Å². The molecule has 1 N–H and O–H groups in total. The highest BCUT2D eigenvalue weighted by Crippen LogP contribution is 2.50. The Hall–Kier alpha value is -3.00. The first kappa shape index (κ1) is 16.5. The van der Waals surface area contributed by atoms with Gasteiger partial charge in [0.2, 0.25) is 0 Å². The van der Waals surface area contributed by atoms with Crippen molar-refractivity contribution in [2.75, 3.05) is 5.32 Å². The molecular weight excluding hydrogens is 324 g/mol. The summed E-state index contributed by atoms with van der Waals surface area (Å²) in [6.45, 7) is 6.63. The number of amides is 1. The smallest absolute Gasteiger partial charge is 0.274 e. The largest absolute Gasteiger partial charge is 0.321 e. The van der Waals surface area contributed by atoms with E-state index in [1.165, 1.54) is 30.3 Å². The number of carbonyl (C=O) groups is 1. The molecular formula is C21H20N4O. The Morgan fingerprint density at radius 1 is 1.27 bits per heavy atom. The topological polar surface area (TPSA) is 78.1 Å². The van der Waals surface area contributed by atoms with Crippen LogP contribution < -0.4 is 5.32 Å². The summed E-state index contributed by atoms with van der Waals surface area (Å²) in [6, 6.07) is 8.07. The average Bonchev–Trinajstić information content (AvgIpc) is 3.22. The number of pyridine rings is 1. The maximum atomic E-state index is 12.7. The molecule has 1 amide bonds. The standard InChI is InChI=1S/C21H20N4O/c1-12-13(2)18(23-11-15(12)9-22)20(26)25-16-5-4-14-10-24-19(17(14)8-16)21(3)6-7-21/h4-5,8,11H,6-7,10H2,1-3H3,(H,25,26). The quantitative estimate of drug-likeness (QED) is 0.916. The van der Waals surface area contributed by atoms with Crippen LogP contribution in [0.2, 0.25) is 0 Å². The third-order valence-electron chi connectivity index (χ3n) is 5.58. The van der Waals surface area contributed by atoms with Gasteiger partial charge in [0.25, 0.3) is 5.91 Å². The van der Waals surface area contributed by atoms with Crippen LogP contribution in [0.1, 0.15) is 58.1 Å². The Bertz CT molecular complexity index is 1010. The minimum Gasteiger partial charge on any atom is -0.321 e. The van der Waals surface area contributed by atoms with Gasteiger partial charge in [-0.05, 0) is 55.5 Å². The van der Waals surface area contributed by atoms with Crippen LogP contribution >= 0.6 is 0 Å². The maximum Gasteiger partial charge on any atom is 0.274 e. The number of fused-ring (bicyclic) bond motifs is 1. The molecule has 0 radical (unpaired) electrons. The van der Waals surface area contributed by atoms with E-state index < -0.39 is 0 Å². The van der Waals surface area contributed by atoms with Crippen molar-refractivity contribution >= 4 is 17.3 Å². The van der Waals surface area contributed by atoms with Crippen molar-refractivity contribution in [2.24, 2.45) is 10.4 Å². The number of nitrogens with zero attached hydrogens (tertiary/aromatic N) is 3. The minimum absolute atomic E-state index is 0.205. The molecule has 1 aromatic heterocycles. The van der Waals surface area contributed by atoms with E-state index in [0.717, 1.165) is 28.9 Å². The summed E-state index contributed by atoms with van der Waals surface area (Å²) < 4.78 is 0. The molecule has 1 fully saturated rings. The average molecular weight is 344 g/mol. The van der Waals surface area contributed by atoms with Gasteiger partial charge in [-0.1, -0.05) is 13.0 Å². The molecule has 1 saturated carbocycles. The number of hydrogen-bond acceptors (Lipinski definition) is 4. The van der Waals surface area contributed by atoms with Crippen molar-refractivity contribution in [2.45, 2.75) is 40.2 Å². The second-order valence-electron chi connectivity index (χ2n) is 7.43. The number of nitriles is 1. The lowest BCUT2D eigenvalue weighted by molar-refractivity contribution is 0.102. The van der Waals surface area contributed by atoms with Gasteiger partial charge >= 0.3 is 0 Å². The molecule has 0 saturated heterocycles. The molecule has 0 spiro atoms. The molecule has 2 heterocycles. The highest BCUT2D eigenvalue weighted by molar-refractivity contribution is 6.10. The van der Waals surface area contributed by atoms with Crippen LogP contribution in [-0.4, -0.2) is 16.6 Å². The van der Waals surface area contributed by atoms with Crippen molar-refractivity contribution in [1.82, 2.24) is 4.98 Å². The van der Waals surface area contributed by atoms with Gasteiger partial charge in [-0.3, -0.25) is 9.79 Å². The van der Waals surface area contributed by atoms with Crippen LogP contribution in [0.25, 0.3) is 0 Å². The summed E-state index contributed by atoms with van der Waals surface area (Å²) in [5, 5.41) is 12.0. The predicted molar refractivity (Wildman–Crippen MR) is 100 cm³/mol. The molecule has 0 atom stereocenters. The van der Waals surface area contributed by atoms with Gasteiger partial charge in [0, 0.05) is 28.6 Å². The normalized spacial score (nSPS) is 16.5. The van der Waals surface area contributed by atoms with Crippen LogP contribution in [0.4, 0.5) is 5.69 Å². The summed E-state index contributed by atoms with van der Waals surface area (Å²) in [5.41, 5.74) is 6.87. The SMILES string of the molecule is Cc1c(C#N)cnc(C(=O)Nc2ccc3c(c2)C(C2(C)CC2)=NC3)c1C. The number of nitrogens with one attached hydrogen (secondary N) is 1. The first-order valence-electron chi connectivity index (χ1n) is 8.79. The Labute approximate surface area is 152 Å². The van der Waals surface area contributed by atoms with E-state index in [2.05, 4.69) is 23.3 Å². The number of aromatic nitrogens is 1. The number of anilines is 1. The zero-order valence-corrected chi connectivity index (χ0v) is 15.2. The van der Waals surface area contributed by atoms with E-state index in [-0.39, 0.29) is 11.3 Å². The van der Waals surface area contributed by atoms with Crippen molar-refractivity contribution in [3.8, 4) is 6.07 Å². The zero-order chi connectivity index (χ0) is 18.5. The van der Waals surface area contributed by atoms with Crippen LogP contribution in [0.3, 0.4) is 0 Å². The molecule has 5 heteroatoms.